The summed E-state index contributed by atoms with van der Waals surface area (Å²) in [5, 5.41) is 0.537. The van der Waals surface area contributed by atoms with Crippen molar-refractivity contribution in [2.75, 3.05) is 13.1 Å². The van der Waals surface area contributed by atoms with Crippen molar-refractivity contribution in [1.29, 1.82) is 0 Å². The quantitative estimate of drug-likeness (QED) is 0.920. The summed E-state index contributed by atoms with van der Waals surface area (Å²) in [7, 11) is -3.39. The fraction of sp³-hybridized carbons (Fsp3) is 0.538. The van der Waals surface area contributed by atoms with Crippen molar-refractivity contribution in [3.05, 3.63) is 29.3 Å². The molecule has 0 amide bonds. The van der Waals surface area contributed by atoms with Crippen LogP contribution in [0.25, 0.3) is 0 Å². The van der Waals surface area contributed by atoms with Gasteiger partial charge in [0.2, 0.25) is 10.0 Å². The van der Waals surface area contributed by atoms with Gasteiger partial charge in [-0.1, -0.05) is 11.6 Å². The normalized spacial score (nSPS) is 19.4. The van der Waals surface area contributed by atoms with E-state index in [-0.39, 0.29) is 18.4 Å². The number of sulfonamides is 1. The van der Waals surface area contributed by atoms with E-state index < -0.39 is 10.0 Å². The van der Waals surface area contributed by atoms with Crippen molar-refractivity contribution < 1.29 is 8.42 Å². The van der Waals surface area contributed by atoms with Crippen LogP contribution < -0.4 is 5.73 Å². The number of benzene rings is 1. The van der Waals surface area contributed by atoms with E-state index in [0.29, 0.717) is 28.9 Å². The Morgan fingerprint density at radius 1 is 1.25 bits per heavy atom. The summed E-state index contributed by atoms with van der Waals surface area (Å²) in [4.78, 5) is 0.302. The van der Waals surface area contributed by atoms with Crippen LogP contribution >= 0.6 is 24.0 Å². The molecule has 1 atom stereocenters. The Balaban J connectivity index is 0.00000200. The van der Waals surface area contributed by atoms with Crippen LogP contribution in [0.1, 0.15) is 19.8 Å². The van der Waals surface area contributed by atoms with Gasteiger partial charge in [-0.3, -0.25) is 0 Å². The number of hydrogen-bond donors (Lipinski definition) is 1. The van der Waals surface area contributed by atoms with E-state index in [4.69, 9.17) is 17.3 Å². The minimum absolute atomic E-state index is 0. The molecular formula is C13H20Cl2N2O2S. The lowest BCUT2D eigenvalue weighted by atomic mass is 9.92. The van der Waals surface area contributed by atoms with Gasteiger partial charge in [-0.15, -0.1) is 12.4 Å². The Kier molecular flexibility index (Phi) is 6.28. The molecule has 20 heavy (non-hydrogen) atoms. The molecule has 0 saturated carbocycles. The number of nitrogens with zero attached hydrogens (tertiary/aromatic N) is 1. The molecule has 1 unspecified atom stereocenters. The molecule has 2 N–H and O–H groups in total. The Labute approximate surface area is 131 Å². The van der Waals surface area contributed by atoms with Crippen LogP contribution in [-0.2, 0) is 10.0 Å². The second-order valence-electron chi connectivity index (χ2n) is 5.05. The van der Waals surface area contributed by atoms with E-state index in [1.54, 1.807) is 24.3 Å². The molecule has 4 nitrogen and oxygen atoms in total. The first-order valence-electron chi connectivity index (χ1n) is 6.42. The lowest BCUT2D eigenvalue weighted by Crippen LogP contribution is -2.42. The number of halogens is 2. The molecule has 1 aliphatic rings. The number of piperidine rings is 1. The van der Waals surface area contributed by atoms with E-state index in [1.165, 1.54) is 4.31 Å². The number of rotatable bonds is 3. The molecule has 0 aromatic heterocycles. The van der Waals surface area contributed by atoms with Crippen LogP contribution in [-0.4, -0.2) is 31.9 Å². The fourth-order valence-electron chi connectivity index (χ4n) is 2.40. The molecule has 0 radical (unpaired) electrons. The highest BCUT2D eigenvalue weighted by Gasteiger charge is 2.30. The SMILES string of the molecule is CC(N)C1CCN(S(=O)(=O)c2ccc(Cl)cc2)CC1.Cl. The topological polar surface area (TPSA) is 63.4 Å². The Morgan fingerprint density at radius 2 is 1.75 bits per heavy atom. The zero-order chi connectivity index (χ0) is 14.0. The van der Waals surface area contributed by atoms with E-state index >= 15 is 0 Å². The average molecular weight is 339 g/mol. The third-order valence-electron chi connectivity index (χ3n) is 3.69. The van der Waals surface area contributed by atoms with Gasteiger partial charge in [0, 0.05) is 24.2 Å². The van der Waals surface area contributed by atoms with E-state index in [2.05, 4.69) is 0 Å². The summed E-state index contributed by atoms with van der Waals surface area (Å²) in [6.07, 6.45) is 1.65. The summed E-state index contributed by atoms with van der Waals surface area (Å²) in [5.74, 6) is 0.414. The van der Waals surface area contributed by atoms with Crippen molar-refractivity contribution in [3.63, 3.8) is 0 Å². The molecule has 0 spiro atoms. The number of hydrogen-bond acceptors (Lipinski definition) is 3. The maximum Gasteiger partial charge on any atom is 0.243 e. The van der Waals surface area contributed by atoms with Crippen LogP contribution in [0.2, 0.25) is 5.02 Å². The van der Waals surface area contributed by atoms with Crippen molar-refractivity contribution in [1.82, 2.24) is 4.31 Å². The van der Waals surface area contributed by atoms with E-state index in [9.17, 15) is 8.42 Å². The van der Waals surface area contributed by atoms with Crippen LogP contribution in [0.5, 0.6) is 0 Å². The van der Waals surface area contributed by atoms with Crippen LogP contribution in [0, 0.1) is 5.92 Å². The molecule has 7 heteroatoms. The van der Waals surface area contributed by atoms with Crippen LogP contribution in [0.4, 0.5) is 0 Å². The van der Waals surface area contributed by atoms with E-state index in [0.717, 1.165) is 12.8 Å². The molecule has 114 valence electrons. The van der Waals surface area contributed by atoms with Crippen molar-refractivity contribution in [2.24, 2.45) is 11.7 Å². The predicted octanol–water partition coefficient (Wildman–Crippen LogP) is 2.51. The fourth-order valence-corrected chi connectivity index (χ4v) is 3.99. The largest absolute Gasteiger partial charge is 0.328 e. The Bertz CT molecular complexity index is 524. The smallest absolute Gasteiger partial charge is 0.243 e. The lowest BCUT2D eigenvalue weighted by Gasteiger charge is -2.32. The van der Waals surface area contributed by atoms with Gasteiger partial charge in [0.05, 0.1) is 4.90 Å². The minimum Gasteiger partial charge on any atom is -0.328 e. The third kappa shape index (κ3) is 3.86. The third-order valence-corrected chi connectivity index (χ3v) is 5.86. The number of nitrogens with two attached hydrogens (primary N) is 1. The highest BCUT2D eigenvalue weighted by atomic mass is 35.5. The summed E-state index contributed by atoms with van der Waals surface area (Å²) >= 11 is 5.78. The molecule has 1 aromatic carbocycles. The summed E-state index contributed by atoms with van der Waals surface area (Å²) in [5.41, 5.74) is 5.87. The summed E-state index contributed by atoms with van der Waals surface area (Å²) in [6.45, 7) is 3.06. The van der Waals surface area contributed by atoms with Crippen molar-refractivity contribution >= 4 is 34.0 Å². The highest BCUT2D eigenvalue weighted by Crippen LogP contribution is 2.25. The summed E-state index contributed by atoms with van der Waals surface area (Å²) < 4.78 is 26.4. The van der Waals surface area contributed by atoms with Gasteiger partial charge in [-0.05, 0) is 49.9 Å². The van der Waals surface area contributed by atoms with Crippen LogP contribution in [0.3, 0.4) is 0 Å². The van der Waals surface area contributed by atoms with Gasteiger partial charge >= 0.3 is 0 Å². The molecule has 0 aliphatic carbocycles. The van der Waals surface area contributed by atoms with Gasteiger partial charge in [-0.2, -0.15) is 4.31 Å². The average Bonchev–Trinajstić information content (AvgIpc) is 2.39. The predicted molar refractivity (Wildman–Crippen MR) is 83.8 cm³/mol. The second-order valence-corrected chi connectivity index (χ2v) is 7.43. The lowest BCUT2D eigenvalue weighted by molar-refractivity contribution is 0.250. The standard InChI is InChI=1S/C13H19ClN2O2S.ClH/c1-10(15)11-6-8-16(9-7-11)19(17,18)13-4-2-12(14)3-5-13;/h2-5,10-11H,6-9,15H2,1H3;1H. The summed E-state index contributed by atoms with van der Waals surface area (Å²) in [6, 6.07) is 6.43. The van der Waals surface area contributed by atoms with Gasteiger partial charge < -0.3 is 5.73 Å². The van der Waals surface area contributed by atoms with Crippen molar-refractivity contribution in [3.8, 4) is 0 Å². The molecule has 1 fully saturated rings. The molecular weight excluding hydrogens is 319 g/mol. The first-order valence-corrected chi connectivity index (χ1v) is 8.24. The minimum atomic E-state index is -3.39. The Morgan fingerprint density at radius 3 is 2.20 bits per heavy atom. The monoisotopic (exact) mass is 338 g/mol. The second kappa shape index (κ2) is 7.09. The highest BCUT2D eigenvalue weighted by molar-refractivity contribution is 7.89. The van der Waals surface area contributed by atoms with Crippen molar-refractivity contribution in [2.45, 2.75) is 30.7 Å². The molecule has 1 saturated heterocycles. The Hall–Kier alpha value is -0.330. The molecule has 1 heterocycles. The maximum atomic E-state index is 12.4. The van der Waals surface area contributed by atoms with Crippen LogP contribution in [0.15, 0.2) is 29.2 Å². The van der Waals surface area contributed by atoms with Gasteiger partial charge in [0.25, 0.3) is 0 Å². The van der Waals surface area contributed by atoms with Gasteiger partial charge in [0.1, 0.15) is 0 Å². The van der Waals surface area contributed by atoms with E-state index in [1.807, 2.05) is 6.92 Å². The first-order chi connectivity index (χ1) is 8.91. The molecule has 1 aliphatic heterocycles. The zero-order valence-corrected chi connectivity index (χ0v) is 13.7. The molecule has 1 aromatic rings. The zero-order valence-electron chi connectivity index (χ0n) is 11.3. The first kappa shape index (κ1) is 17.7. The maximum absolute atomic E-state index is 12.4. The van der Waals surface area contributed by atoms with Gasteiger partial charge in [-0.25, -0.2) is 8.42 Å². The van der Waals surface area contributed by atoms with Gasteiger partial charge in [0.15, 0.2) is 0 Å². The molecule has 2 rings (SSSR count). The molecule has 0 bridgehead atoms.